The van der Waals surface area contributed by atoms with Crippen LogP contribution in [-0.2, 0) is 4.79 Å². The van der Waals surface area contributed by atoms with Gasteiger partial charge in [-0.2, -0.15) is 4.98 Å². The van der Waals surface area contributed by atoms with Gasteiger partial charge in [0.15, 0.2) is 0 Å². The Morgan fingerprint density at radius 3 is 2.67 bits per heavy atom. The minimum atomic E-state index is -0.476. The number of hydrogen-bond acceptors (Lipinski definition) is 6. The van der Waals surface area contributed by atoms with Crippen LogP contribution in [0.15, 0.2) is 30.5 Å². The molecule has 8 heteroatoms. The molecule has 30 heavy (non-hydrogen) atoms. The zero-order valence-corrected chi connectivity index (χ0v) is 17.0. The molecule has 0 radical (unpaired) electrons. The summed E-state index contributed by atoms with van der Waals surface area (Å²) in [6.45, 7) is 1.38. The summed E-state index contributed by atoms with van der Waals surface area (Å²) in [5.74, 6) is 1.73. The number of benzene rings is 1. The van der Waals surface area contributed by atoms with Gasteiger partial charge in [-0.3, -0.25) is 9.59 Å². The fraction of sp³-hybridized carbons (Fsp3) is 0.455. The van der Waals surface area contributed by atoms with Crippen LogP contribution in [0.1, 0.15) is 60.4 Å². The average Bonchev–Trinajstić information content (AvgIpc) is 3.52. The lowest BCUT2D eigenvalue weighted by atomic mass is 9.85. The molecule has 0 unspecified atom stereocenters. The highest BCUT2D eigenvalue weighted by molar-refractivity contribution is 5.93. The molecule has 2 fully saturated rings. The monoisotopic (exact) mass is 408 g/mol. The summed E-state index contributed by atoms with van der Waals surface area (Å²) in [6.07, 6.45) is 8.22. The Bertz CT molecular complexity index is 924. The lowest BCUT2D eigenvalue weighted by Gasteiger charge is -2.24. The molecule has 8 nitrogen and oxygen atoms in total. The molecule has 2 amide bonds. The predicted molar refractivity (Wildman–Crippen MR) is 116 cm³/mol. The highest BCUT2D eigenvalue weighted by atomic mass is 16.2. The molecule has 0 spiro atoms. The topological polar surface area (TPSA) is 122 Å². The summed E-state index contributed by atoms with van der Waals surface area (Å²) in [5, 5.41) is 9.56. The first kappa shape index (κ1) is 20.1. The highest BCUT2D eigenvalue weighted by Crippen LogP contribution is 2.42. The number of carbonyl (C=O) groups excluding carboxylic acids is 2. The predicted octanol–water partition coefficient (Wildman–Crippen LogP) is 2.91. The molecule has 1 aromatic heterocycles. The van der Waals surface area contributed by atoms with E-state index >= 15 is 0 Å². The summed E-state index contributed by atoms with van der Waals surface area (Å²) in [7, 11) is 0. The summed E-state index contributed by atoms with van der Waals surface area (Å²) < 4.78 is 0. The van der Waals surface area contributed by atoms with Crippen LogP contribution in [0.2, 0.25) is 0 Å². The van der Waals surface area contributed by atoms with Crippen LogP contribution < -0.4 is 21.7 Å². The van der Waals surface area contributed by atoms with Gasteiger partial charge in [0, 0.05) is 42.0 Å². The first-order valence-corrected chi connectivity index (χ1v) is 10.7. The first-order valence-electron chi connectivity index (χ1n) is 10.7. The van der Waals surface area contributed by atoms with Crippen LogP contribution in [-0.4, -0.2) is 34.9 Å². The van der Waals surface area contributed by atoms with Crippen LogP contribution in [0.4, 0.5) is 17.5 Å². The average molecular weight is 409 g/mol. The van der Waals surface area contributed by atoms with E-state index in [2.05, 4.69) is 25.9 Å². The summed E-state index contributed by atoms with van der Waals surface area (Å²) in [4.78, 5) is 32.4. The van der Waals surface area contributed by atoms with Crippen molar-refractivity contribution in [1.82, 2.24) is 15.3 Å². The normalized spacial score (nSPS) is 15.9. The number of aromatic nitrogens is 2. The zero-order valence-electron chi connectivity index (χ0n) is 17.0. The van der Waals surface area contributed by atoms with Crippen LogP contribution in [0, 0.1) is 5.92 Å². The van der Waals surface area contributed by atoms with Gasteiger partial charge in [-0.1, -0.05) is 12.5 Å². The maximum atomic E-state index is 11.9. The van der Waals surface area contributed by atoms with Crippen molar-refractivity contribution in [1.29, 1.82) is 0 Å². The summed E-state index contributed by atoms with van der Waals surface area (Å²) in [5.41, 5.74) is 7.61. The standard InChI is InChI=1S/C22H28N6O2/c23-19(29)16-6-2-7-17(12-16)27-22-26-13-18(14-8-9-14)20(28-22)24-10-3-11-25-21(30)15-4-1-5-15/h2,6-7,12-15H,1,3-5,8-11H2,(H2,23,29)(H,25,30)(H2,24,26,27,28). The molecule has 158 valence electrons. The molecule has 0 bridgehead atoms. The van der Waals surface area contributed by atoms with Crippen molar-refractivity contribution in [3.8, 4) is 0 Å². The Morgan fingerprint density at radius 2 is 1.97 bits per heavy atom. The number of carbonyl (C=O) groups is 2. The molecule has 1 heterocycles. The number of hydrogen-bond donors (Lipinski definition) is 4. The maximum Gasteiger partial charge on any atom is 0.248 e. The van der Waals surface area contributed by atoms with Crippen LogP contribution >= 0.6 is 0 Å². The van der Waals surface area contributed by atoms with E-state index < -0.39 is 5.91 Å². The van der Waals surface area contributed by atoms with E-state index in [-0.39, 0.29) is 11.8 Å². The Kier molecular flexibility index (Phi) is 6.11. The Labute approximate surface area is 176 Å². The number of nitrogens with zero attached hydrogens (tertiary/aromatic N) is 2. The zero-order chi connectivity index (χ0) is 20.9. The lowest BCUT2D eigenvalue weighted by Crippen LogP contribution is -2.35. The van der Waals surface area contributed by atoms with Gasteiger partial charge >= 0.3 is 0 Å². The maximum absolute atomic E-state index is 11.9. The lowest BCUT2D eigenvalue weighted by molar-refractivity contribution is -0.127. The SMILES string of the molecule is NC(=O)c1cccc(Nc2ncc(C3CC3)c(NCCCNC(=O)C3CCC3)n2)c1. The number of primary amides is 1. The van der Waals surface area contributed by atoms with E-state index in [0.717, 1.165) is 50.0 Å². The second-order valence-corrected chi connectivity index (χ2v) is 8.04. The number of rotatable bonds is 10. The van der Waals surface area contributed by atoms with Gasteiger partial charge in [0.05, 0.1) is 0 Å². The third-order valence-corrected chi connectivity index (χ3v) is 5.66. The molecule has 0 saturated heterocycles. The van der Waals surface area contributed by atoms with E-state index in [9.17, 15) is 9.59 Å². The van der Waals surface area contributed by atoms with Gasteiger partial charge in [-0.05, 0) is 56.2 Å². The Hall–Kier alpha value is -3.16. The second kappa shape index (κ2) is 9.11. The third kappa shape index (κ3) is 5.06. The van der Waals surface area contributed by atoms with Gasteiger partial charge < -0.3 is 21.7 Å². The molecule has 4 rings (SSSR count). The smallest absolute Gasteiger partial charge is 0.248 e. The van der Waals surface area contributed by atoms with E-state index in [1.165, 1.54) is 6.42 Å². The fourth-order valence-electron chi connectivity index (χ4n) is 3.49. The van der Waals surface area contributed by atoms with Crippen molar-refractivity contribution in [2.75, 3.05) is 23.7 Å². The second-order valence-electron chi connectivity index (χ2n) is 8.04. The molecule has 2 aromatic rings. The fourth-order valence-corrected chi connectivity index (χ4v) is 3.49. The Balaban J connectivity index is 1.35. The van der Waals surface area contributed by atoms with Crippen LogP contribution in [0.3, 0.4) is 0 Å². The number of anilines is 3. The minimum Gasteiger partial charge on any atom is -0.370 e. The molecule has 2 saturated carbocycles. The molecule has 2 aliphatic rings. The van der Waals surface area contributed by atoms with Gasteiger partial charge in [-0.15, -0.1) is 0 Å². The molecule has 5 N–H and O–H groups in total. The quantitative estimate of drug-likeness (QED) is 0.449. The molecule has 2 aliphatic carbocycles. The third-order valence-electron chi connectivity index (χ3n) is 5.66. The minimum absolute atomic E-state index is 0.187. The van der Waals surface area contributed by atoms with Crippen LogP contribution in [0.25, 0.3) is 0 Å². The van der Waals surface area contributed by atoms with E-state index in [0.29, 0.717) is 29.7 Å². The Morgan fingerprint density at radius 1 is 1.13 bits per heavy atom. The molecular formula is C22H28N6O2. The molecular weight excluding hydrogens is 380 g/mol. The van der Waals surface area contributed by atoms with Gasteiger partial charge in [0.1, 0.15) is 5.82 Å². The molecule has 0 aliphatic heterocycles. The van der Waals surface area contributed by atoms with Crippen molar-refractivity contribution in [2.24, 2.45) is 11.7 Å². The molecule has 0 atom stereocenters. The van der Waals surface area contributed by atoms with Gasteiger partial charge in [-0.25, -0.2) is 4.98 Å². The largest absolute Gasteiger partial charge is 0.370 e. The van der Waals surface area contributed by atoms with E-state index in [1.807, 2.05) is 12.3 Å². The van der Waals surface area contributed by atoms with Crippen molar-refractivity contribution < 1.29 is 9.59 Å². The van der Waals surface area contributed by atoms with Gasteiger partial charge in [0.25, 0.3) is 0 Å². The summed E-state index contributed by atoms with van der Waals surface area (Å²) >= 11 is 0. The van der Waals surface area contributed by atoms with Crippen LogP contribution in [0.5, 0.6) is 0 Å². The van der Waals surface area contributed by atoms with Gasteiger partial charge in [0.2, 0.25) is 17.8 Å². The summed E-state index contributed by atoms with van der Waals surface area (Å²) in [6, 6.07) is 6.94. The van der Waals surface area contributed by atoms with Crippen molar-refractivity contribution in [3.63, 3.8) is 0 Å². The first-order chi connectivity index (χ1) is 14.6. The number of amides is 2. The van der Waals surface area contributed by atoms with Crippen molar-refractivity contribution >= 4 is 29.3 Å². The molecule has 1 aromatic carbocycles. The van der Waals surface area contributed by atoms with Crippen molar-refractivity contribution in [2.45, 2.75) is 44.4 Å². The highest BCUT2D eigenvalue weighted by Gasteiger charge is 2.28. The van der Waals surface area contributed by atoms with E-state index in [1.54, 1.807) is 18.2 Å². The number of nitrogens with two attached hydrogens (primary N) is 1. The van der Waals surface area contributed by atoms with Crippen molar-refractivity contribution in [3.05, 3.63) is 41.6 Å². The van der Waals surface area contributed by atoms with E-state index in [4.69, 9.17) is 5.73 Å². The number of nitrogens with one attached hydrogen (secondary N) is 3.